The summed E-state index contributed by atoms with van der Waals surface area (Å²) in [5.41, 5.74) is 0.938. The van der Waals surface area contributed by atoms with E-state index >= 15 is 0 Å². The Hall–Kier alpha value is -3.58. The van der Waals surface area contributed by atoms with Crippen molar-refractivity contribution < 1.29 is 88.6 Å². The summed E-state index contributed by atoms with van der Waals surface area (Å²) >= 11 is 5.97. The van der Waals surface area contributed by atoms with Gasteiger partial charge in [-0.2, -0.15) is 0 Å². The summed E-state index contributed by atoms with van der Waals surface area (Å²) < 4.78 is 107. The third kappa shape index (κ3) is 14.2. The highest BCUT2D eigenvalue weighted by Crippen LogP contribution is 2.59. The van der Waals surface area contributed by atoms with Crippen LogP contribution >= 0.6 is 12.2 Å². The lowest BCUT2D eigenvalue weighted by molar-refractivity contribution is -0.138. The van der Waals surface area contributed by atoms with Crippen molar-refractivity contribution in [1.29, 1.82) is 0 Å². The van der Waals surface area contributed by atoms with E-state index in [-0.39, 0.29) is 101 Å². The van der Waals surface area contributed by atoms with Gasteiger partial charge in [0.15, 0.2) is 10.7 Å². The van der Waals surface area contributed by atoms with Crippen molar-refractivity contribution in [2.24, 2.45) is 35.5 Å². The third-order valence-corrected chi connectivity index (χ3v) is 55.1. The van der Waals surface area contributed by atoms with Gasteiger partial charge in [-0.3, -0.25) is 9.59 Å². The summed E-state index contributed by atoms with van der Waals surface area (Å²) in [7, 11) is -34.1. The van der Waals surface area contributed by atoms with Gasteiger partial charge in [-0.15, -0.1) is 0 Å². The molecule has 3 aromatic carbocycles. The molecule has 1 amide bonds. The standard InChI is InChI=1S/C55H85N3O20SSi8/c1-36(2)30-82-67-80(25-13-23-56-51(61)21-22-52(62)63)68-83(31-37(3)4)75-85(73-82,33-39(7)8)70-81(71-86(74-82,34-40(9)10)76-84(69-80,32-38(5)6)78-87(72-81,77-83)35-41(11)12)26-14-24-57-54(79)58-42-15-18-46-45(27-42)53(64)66-55(46)47-19-16-43(59)28-49(47)65-50-29-44(60)17-20-48(50)55/h15-20,27-29,36-41,59-60H,13-14,21-26,30-35H2,1-12H3,(H,56,61)(H,62,63)(H2,57,58,79). The Labute approximate surface area is 523 Å². The molecule has 1 spiro atoms. The molecule has 6 N–H and O–H groups in total. The molecule has 0 radical (unpaired) electrons. The Morgan fingerprint density at radius 2 is 0.851 bits per heavy atom. The van der Waals surface area contributed by atoms with Crippen LogP contribution in [0.4, 0.5) is 5.69 Å². The number of phenolic OH excluding ortho intramolecular Hbond substituents is 2. The van der Waals surface area contributed by atoms with Crippen molar-refractivity contribution in [3.8, 4) is 23.0 Å². The normalized spacial score (nSPS) is 30.8. The van der Waals surface area contributed by atoms with Crippen molar-refractivity contribution in [1.82, 2.24) is 10.6 Å². The first-order chi connectivity index (χ1) is 40.9. The minimum atomic E-state index is -4.32. The minimum absolute atomic E-state index is 0.0421. The number of hydrogen-bond donors (Lipinski definition) is 6. The molecule has 11 rings (SSSR count). The third-order valence-electron chi connectivity index (χ3n) is 15.2. The Balaban J connectivity index is 1.01. The van der Waals surface area contributed by atoms with Crippen LogP contribution < -0.4 is 20.7 Å². The molecule has 8 aliphatic heterocycles. The first-order valence-corrected chi connectivity index (χ1v) is 46.4. The summed E-state index contributed by atoms with van der Waals surface area (Å²) in [5.74, 6) is -1.91. The van der Waals surface area contributed by atoms with Gasteiger partial charge in [0, 0.05) is 102 Å². The minimum Gasteiger partial charge on any atom is -0.508 e. The summed E-state index contributed by atoms with van der Waals surface area (Å²) in [6, 6.07) is 16.7. The number of aromatic hydroxyl groups is 2. The smallest absolute Gasteiger partial charge is 0.479 e. The maximum atomic E-state index is 14.0. The van der Waals surface area contributed by atoms with E-state index in [9.17, 15) is 29.7 Å². The zero-order valence-electron chi connectivity index (χ0n) is 51.7. The summed E-state index contributed by atoms with van der Waals surface area (Å²) in [5, 5.41) is 40.0. The number of ether oxygens (including phenoxy) is 2. The quantitative estimate of drug-likeness (QED) is 0.0210. The number of carboxylic acid groups (broad SMARTS) is 1. The van der Waals surface area contributed by atoms with Crippen LogP contribution in [-0.2, 0) is 69.3 Å². The zero-order valence-corrected chi connectivity index (χ0v) is 60.6. The van der Waals surface area contributed by atoms with Gasteiger partial charge in [-0.05, 0) is 97.0 Å². The van der Waals surface area contributed by atoms with Crippen LogP contribution in [-0.4, -0.2) is 122 Å². The van der Waals surface area contributed by atoms with Crippen LogP contribution in [0, 0.1) is 35.5 Å². The van der Waals surface area contributed by atoms with Crippen LogP contribution in [0.2, 0.25) is 48.4 Å². The maximum absolute atomic E-state index is 14.0. The number of esters is 1. The van der Waals surface area contributed by atoms with E-state index in [4.69, 9.17) is 71.1 Å². The van der Waals surface area contributed by atoms with Crippen LogP contribution in [0.1, 0.15) is 136 Å². The van der Waals surface area contributed by atoms with Crippen LogP contribution in [0.5, 0.6) is 23.0 Å². The Kier molecular flexibility index (Phi) is 19.2. The molecule has 32 heteroatoms. The van der Waals surface area contributed by atoms with Gasteiger partial charge in [-0.1, -0.05) is 89.2 Å². The number of anilines is 1. The molecule has 8 bridgehead atoms. The molecule has 8 aliphatic rings. The van der Waals surface area contributed by atoms with Crippen molar-refractivity contribution in [2.75, 3.05) is 18.4 Å². The van der Waals surface area contributed by atoms with E-state index in [0.29, 0.717) is 78.0 Å². The van der Waals surface area contributed by atoms with Gasteiger partial charge in [0.2, 0.25) is 5.91 Å². The molecule has 6 saturated heterocycles. The Bertz CT molecular complexity index is 2910. The lowest BCUT2D eigenvalue weighted by atomic mass is 9.77. The summed E-state index contributed by atoms with van der Waals surface area (Å²) in [6.45, 7) is 25.4. The number of phenols is 2. The van der Waals surface area contributed by atoms with Crippen LogP contribution in [0.15, 0.2) is 54.6 Å². The van der Waals surface area contributed by atoms with Gasteiger partial charge < -0.3 is 90.1 Å². The molecular weight excluding hydrogens is 1280 g/mol. The first-order valence-electron chi connectivity index (χ1n) is 30.5. The number of nitrogens with one attached hydrogen (secondary N) is 3. The number of aliphatic carboxylic acids is 1. The summed E-state index contributed by atoms with van der Waals surface area (Å²) in [4.78, 5) is 38.3. The molecular formula is C55H85N3O20SSi8. The average molecular weight is 1370 g/mol. The molecule has 6 fully saturated rings. The van der Waals surface area contributed by atoms with E-state index in [0.717, 1.165) is 0 Å². The highest BCUT2D eigenvalue weighted by atomic mass is 32.1. The van der Waals surface area contributed by atoms with Crippen LogP contribution in [0.3, 0.4) is 0 Å². The second kappa shape index (κ2) is 25.1. The van der Waals surface area contributed by atoms with Gasteiger partial charge in [0.1, 0.15) is 23.0 Å². The number of amides is 1. The summed E-state index contributed by atoms with van der Waals surface area (Å²) in [6.07, 6.45) is 0.223. The monoisotopic (exact) mass is 1360 g/mol. The van der Waals surface area contributed by atoms with E-state index in [1.807, 2.05) is 0 Å². The number of fused-ring (bicyclic) bond motifs is 6. The molecule has 0 saturated carbocycles. The van der Waals surface area contributed by atoms with Crippen LogP contribution in [0.25, 0.3) is 0 Å². The number of carbonyl (C=O) groups excluding carboxylic acids is 2. The van der Waals surface area contributed by atoms with Crippen molar-refractivity contribution in [3.63, 3.8) is 0 Å². The molecule has 87 heavy (non-hydrogen) atoms. The van der Waals surface area contributed by atoms with Gasteiger partial charge in [0.25, 0.3) is 0 Å². The second-order valence-electron chi connectivity index (χ2n) is 26.4. The van der Waals surface area contributed by atoms with E-state index < -0.39 is 93.9 Å². The number of benzene rings is 3. The molecule has 0 unspecified atom stereocenters. The fourth-order valence-electron chi connectivity index (χ4n) is 12.7. The number of carboxylic acids is 1. The lowest BCUT2D eigenvalue weighted by Crippen LogP contribution is -2.88. The number of carbonyl (C=O) groups is 3. The van der Waals surface area contributed by atoms with Gasteiger partial charge in [-0.25, -0.2) is 4.79 Å². The van der Waals surface area contributed by atoms with E-state index in [1.165, 1.54) is 24.3 Å². The molecule has 0 atom stereocenters. The SMILES string of the molecule is CC(C)C[Si]12O[Si]3(CCCNC(=O)CCC(=O)O)O[Si]4(CC(C)C)O[Si](CC(C)C)(O[Si]5(CCCNC(=S)Nc6ccc7c(c6)C(=O)OC76c7ccc(O)cc7Oc7cc(O)ccc76)O[Si](CC(C)C)(O1)O[Si](CC(C)C)(O3)O[Si](CC(C)C)(O5)O4)O2. The second-order valence-corrected chi connectivity index (χ2v) is 51.0. The number of hydrogen-bond acceptors (Lipinski definition) is 20. The predicted octanol–water partition coefficient (Wildman–Crippen LogP) is 10.4. The molecule has 0 aromatic heterocycles. The Morgan fingerprint density at radius 3 is 1.22 bits per heavy atom. The maximum Gasteiger partial charge on any atom is 0.479 e. The molecule has 8 heterocycles. The highest BCUT2D eigenvalue weighted by Gasteiger charge is 2.83. The number of rotatable bonds is 24. The van der Waals surface area contributed by atoms with Gasteiger partial charge in [0.05, 0.1) is 12.0 Å². The molecule has 23 nitrogen and oxygen atoms in total. The fraction of sp³-hybridized carbons (Fsp3) is 0.600. The van der Waals surface area contributed by atoms with Crippen molar-refractivity contribution >= 4 is 111 Å². The highest BCUT2D eigenvalue weighted by molar-refractivity contribution is 7.80. The predicted molar refractivity (Wildman–Crippen MR) is 338 cm³/mol. The topological polar surface area (TPSA) is 277 Å². The average Bonchev–Trinajstić information content (AvgIpc) is 1.45. The largest absolute Gasteiger partial charge is 0.508 e. The first kappa shape index (κ1) is 66.3. The van der Waals surface area contributed by atoms with Gasteiger partial charge >= 0.3 is 82.4 Å². The van der Waals surface area contributed by atoms with Crippen molar-refractivity contribution in [2.45, 2.75) is 163 Å². The molecule has 478 valence electrons. The zero-order chi connectivity index (χ0) is 62.8. The van der Waals surface area contributed by atoms with Crippen molar-refractivity contribution in [3.05, 3.63) is 76.9 Å². The number of thiocarbonyl (C=S) groups is 1. The fourth-order valence-corrected chi connectivity index (χ4v) is 64.3. The molecule has 3 aromatic rings. The van der Waals surface area contributed by atoms with E-state index in [1.54, 1.807) is 30.3 Å². The van der Waals surface area contributed by atoms with E-state index in [2.05, 4.69) is 99.0 Å². The lowest BCUT2D eigenvalue weighted by Gasteiger charge is -2.64. The Morgan fingerprint density at radius 1 is 0.494 bits per heavy atom. The molecule has 0 aliphatic carbocycles.